The highest BCUT2D eigenvalue weighted by molar-refractivity contribution is 5.78. The molecule has 146 valence electrons. The number of benzene rings is 2. The number of fused-ring (bicyclic) bond motifs is 1. The van der Waals surface area contributed by atoms with Crippen LogP contribution in [0.1, 0.15) is 5.56 Å². The molecule has 2 heterocycles. The molecule has 1 amide bonds. The zero-order chi connectivity index (χ0) is 19.2. The summed E-state index contributed by atoms with van der Waals surface area (Å²) in [6, 6.07) is 15.6. The fraction of sp³-hybridized carbons (Fsp3) is 0.318. The Morgan fingerprint density at radius 2 is 1.79 bits per heavy atom. The van der Waals surface area contributed by atoms with E-state index in [1.807, 2.05) is 23.1 Å². The normalized spacial score (nSPS) is 16.5. The zero-order valence-corrected chi connectivity index (χ0v) is 15.8. The second-order valence-electron chi connectivity index (χ2n) is 6.80. The average Bonchev–Trinajstić information content (AvgIpc) is 3.21. The molecule has 1 fully saturated rings. The molecule has 2 aromatic rings. The Labute approximate surface area is 164 Å². The molecule has 0 unspecified atom stereocenters. The summed E-state index contributed by atoms with van der Waals surface area (Å²) in [4.78, 5) is 16.6. The van der Waals surface area contributed by atoms with Crippen LogP contribution in [0.3, 0.4) is 0 Å². The molecule has 0 bridgehead atoms. The van der Waals surface area contributed by atoms with Gasteiger partial charge in [-0.15, -0.1) is 0 Å². The molecule has 0 N–H and O–H groups in total. The topological polar surface area (TPSA) is 51.2 Å². The van der Waals surface area contributed by atoms with Crippen LogP contribution >= 0.6 is 0 Å². The predicted molar refractivity (Wildman–Crippen MR) is 107 cm³/mol. The molecule has 0 aromatic heterocycles. The van der Waals surface area contributed by atoms with E-state index >= 15 is 0 Å². The van der Waals surface area contributed by atoms with Gasteiger partial charge in [0, 0.05) is 38.8 Å². The standard InChI is InChI=1S/C22H24N2O4/c25-22(16-26-19-8-9-20-21(15-19)28-17-27-20)24-13-11-23(12-14-24)10-4-7-18-5-2-1-3-6-18/h1-9,15H,10-14,16-17H2/b7-4+. The van der Waals surface area contributed by atoms with Gasteiger partial charge in [0.1, 0.15) is 5.75 Å². The van der Waals surface area contributed by atoms with Crippen molar-refractivity contribution in [2.75, 3.05) is 46.1 Å². The summed E-state index contributed by atoms with van der Waals surface area (Å²) in [7, 11) is 0. The van der Waals surface area contributed by atoms with Crippen molar-refractivity contribution in [3.8, 4) is 17.2 Å². The van der Waals surface area contributed by atoms with E-state index in [9.17, 15) is 4.79 Å². The molecule has 6 nitrogen and oxygen atoms in total. The number of piperazine rings is 1. The SMILES string of the molecule is O=C(COc1ccc2c(c1)OCO2)N1CCN(C/C=C/c2ccccc2)CC1. The molecule has 0 saturated carbocycles. The van der Waals surface area contributed by atoms with E-state index in [1.165, 1.54) is 5.56 Å². The van der Waals surface area contributed by atoms with E-state index in [2.05, 4.69) is 29.2 Å². The van der Waals surface area contributed by atoms with Gasteiger partial charge in [-0.25, -0.2) is 0 Å². The summed E-state index contributed by atoms with van der Waals surface area (Å²) in [5, 5.41) is 0. The molecule has 4 rings (SSSR count). The summed E-state index contributed by atoms with van der Waals surface area (Å²) in [6.45, 7) is 4.34. The van der Waals surface area contributed by atoms with Gasteiger partial charge in [0.25, 0.3) is 5.91 Å². The first-order valence-electron chi connectivity index (χ1n) is 9.52. The first-order chi connectivity index (χ1) is 13.8. The number of rotatable bonds is 6. The van der Waals surface area contributed by atoms with E-state index in [0.29, 0.717) is 17.2 Å². The minimum atomic E-state index is 0.0112. The summed E-state index contributed by atoms with van der Waals surface area (Å²) in [5.41, 5.74) is 1.21. The summed E-state index contributed by atoms with van der Waals surface area (Å²) in [5.74, 6) is 1.98. The van der Waals surface area contributed by atoms with Crippen LogP contribution in [0.2, 0.25) is 0 Å². The third-order valence-electron chi connectivity index (χ3n) is 4.90. The lowest BCUT2D eigenvalue weighted by Crippen LogP contribution is -2.49. The Hall–Kier alpha value is -2.99. The van der Waals surface area contributed by atoms with Crippen LogP contribution in [-0.4, -0.2) is 61.8 Å². The summed E-state index contributed by atoms with van der Waals surface area (Å²) < 4.78 is 16.2. The quantitative estimate of drug-likeness (QED) is 0.771. The number of amides is 1. The smallest absolute Gasteiger partial charge is 0.260 e. The van der Waals surface area contributed by atoms with Crippen LogP contribution in [0, 0.1) is 0 Å². The number of nitrogens with zero attached hydrogens (tertiary/aromatic N) is 2. The molecule has 1 saturated heterocycles. The summed E-state index contributed by atoms with van der Waals surface area (Å²) >= 11 is 0. The number of hydrogen-bond donors (Lipinski definition) is 0. The van der Waals surface area contributed by atoms with Crippen molar-refractivity contribution < 1.29 is 19.0 Å². The lowest BCUT2D eigenvalue weighted by Gasteiger charge is -2.34. The fourth-order valence-electron chi connectivity index (χ4n) is 3.28. The second kappa shape index (κ2) is 8.80. The van der Waals surface area contributed by atoms with E-state index in [0.717, 1.165) is 32.7 Å². The van der Waals surface area contributed by atoms with Gasteiger partial charge in [-0.1, -0.05) is 42.5 Å². The number of hydrogen-bond acceptors (Lipinski definition) is 5. The van der Waals surface area contributed by atoms with Crippen LogP contribution in [0.5, 0.6) is 17.2 Å². The van der Waals surface area contributed by atoms with Crippen LogP contribution in [-0.2, 0) is 4.79 Å². The molecular formula is C22H24N2O4. The number of carbonyl (C=O) groups excluding carboxylic acids is 1. The van der Waals surface area contributed by atoms with Gasteiger partial charge in [0.2, 0.25) is 6.79 Å². The number of ether oxygens (including phenoxy) is 3. The van der Waals surface area contributed by atoms with Gasteiger partial charge < -0.3 is 19.1 Å². The van der Waals surface area contributed by atoms with Crippen molar-refractivity contribution in [1.82, 2.24) is 9.80 Å². The molecule has 0 atom stereocenters. The monoisotopic (exact) mass is 380 g/mol. The van der Waals surface area contributed by atoms with E-state index < -0.39 is 0 Å². The van der Waals surface area contributed by atoms with E-state index in [-0.39, 0.29) is 19.3 Å². The first kappa shape index (κ1) is 18.4. The Bertz CT molecular complexity index is 830. The van der Waals surface area contributed by atoms with Gasteiger partial charge >= 0.3 is 0 Å². The lowest BCUT2D eigenvalue weighted by molar-refractivity contribution is -0.135. The van der Waals surface area contributed by atoms with Crippen molar-refractivity contribution in [2.45, 2.75) is 0 Å². The maximum absolute atomic E-state index is 12.4. The highest BCUT2D eigenvalue weighted by Crippen LogP contribution is 2.35. The van der Waals surface area contributed by atoms with Crippen LogP contribution < -0.4 is 14.2 Å². The molecule has 2 aliphatic rings. The Balaban J connectivity index is 1.19. The minimum Gasteiger partial charge on any atom is -0.484 e. The maximum atomic E-state index is 12.4. The van der Waals surface area contributed by atoms with Crippen LogP contribution in [0.4, 0.5) is 0 Å². The Morgan fingerprint density at radius 1 is 1.00 bits per heavy atom. The molecule has 0 aliphatic carbocycles. The van der Waals surface area contributed by atoms with E-state index in [4.69, 9.17) is 14.2 Å². The zero-order valence-electron chi connectivity index (χ0n) is 15.8. The van der Waals surface area contributed by atoms with E-state index in [1.54, 1.807) is 18.2 Å². The van der Waals surface area contributed by atoms with Crippen LogP contribution in [0.25, 0.3) is 6.08 Å². The van der Waals surface area contributed by atoms with Crippen molar-refractivity contribution in [3.63, 3.8) is 0 Å². The average molecular weight is 380 g/mol. The highest BCUT2D eigenvalue weighted by Gasteiger charge is 2.21. The highest BCUT2D eigenvalue weighted by atomic mass is 16.7. The largest absolute Gasteiger partial charge is 0.484 e. The molecule has 0 radical (unpaired) electrons. The predicted octanol–water partition coefficient (Wildman–Crippen LogP) is 2.65. The Kier molecular flexibility index (Phi) is 5.77. The first-order valence-corrected chi connectivity index (χ1v) is 9.52. The maximum Gasteiger partial charge on any atom is 0.260 e. The molecule has 6 heteroatoms. The molecule has 28 heavy (non-hydrogen) atoms. The number of carbonyl (C=O) groups is 1. The third kappa shape index (κ3) is 4.64. The van der Waals surface area contributed by atoms with Gasteiger partial charge in [0.05, 0.1) is 0 Å². The van der Waals surface area contributed by atoms with Gasteiger partial charge in [-0.05, 0) is 17.7 Å². The third-order valence-corrected chi connectivity index (χ3v) is 4.90. The van der Waals surface area contributed by atoms with Crippen molar-refractivity contribution >= 4 is 12.0 Å². The molecule has 2 aromatic carbocycles. The Morgan fingerprint density at radius 3 is 2.61 bits per heavy atom. The van der Waals surface area contributed by atoms with Crippen molar-refractivity contribution in [2.24, 2.45) is 0 Å². The molecular weight excluding hydrogens is 356 g/mol. The second-order valence-corrected chi connectivity index (χ2v) is 6.80. The van der Waals surface area contributed by atoms with Gasteiger partial charge in [-0.3, -0.25) is 9.69 Å². The van der Waals surface area contributed by atoms with Gasteiger partial charge in [0.15, 0.2) is 18.1 Å². The lowest BCUT2D eigenvalue weighted by atomic mass is 10.2. The van der Waals surface area contributed by atoms with Gasteiger partial charge in [-0.2, -0.15) is 0 Å². The molecule has 2 aliphatic heterocycles. The van der Waals surface area contributed by atoms with Crippen molar-refractivity contribution in [3.05, 3.63) is 60.2 Å². The fourth-order valence-corrected chi connectivity index (χ4v) is 3.28. The molecule has 0 spiro atoms. The van der Waals surface area contributed by atoms with Crippen LogP contribution in [0.15, 0.2) is 54.6 Å². The minimum absolute atomic E-state index is 0.0112. The van der Waals surface area contributed by atoms with Crippen molar-refractivity contribution in [1.29, 1.82) is 0 Å². The summed E-state index contributed by atoms with van der Waals surface area (Å²) in [6.07, 6.45) is 4.31.